The minimum atomic E-state index is -0.695. The molecule has 7 N–H and O–H groups in total. The Hall–Kier alpha value is -12.6. The second kappa shape index (κ2) is 43.6. The molecule has 122 heavy (non-hydrogen) atoms. The summed E-state index contributed by atoms with van der Waals surface area (Å²) >= 11 is 9.48. The van der Waals surface area contributed by atoms with Crippen LogP contribution in [0.2, 0.25) is 0 Å². The van der Waals surface area contributed by atoms with Gasteiger partial charge in [-0.1, -0.05) is 112 Å². The Labute approximate surface area is 723 Å². The molecule has 35 heteroatoms. The van der Waals surface area contributed by atoms with Crippen molar-refractivity contribution in [1.29, 1.82) is 0 Å². The van der Waals surface area contributed by atoms with Crippen LogP contribution in [0.15, 0.2) is 205 Å². The van der Waals surface area contributed by atoms with Crippen LogP contribution in [0.3, 0.4) is 0 Å². The molecule has 10 aromatic heterocycles. The maximum Gasteiger partial charge on any atom is 0.328 e. The Kier molecular flexibility index (Phi) is 31.7. The third-order valence-corrected chi connectivity index (χ3v) is 22.6. The fourth-order valence-corrected chi connectivity index (χ4v) is 14.7. The van der Waals surface area contributed by atoms with Crippen molar-refractivity contribution in [2.24, 2.45) is 5.92 Å². The standard InChI is InChI=1S/C17H14N2O2S.2C15H18N2O4S.C14H14N2O3.C13H10BrFN2O2.C13H12N2O2S/c20-17(14-10-15(21-19-14)16-7-4-8-22-16)18-13-9-12(13)11-5-2-1-3-6-11;1-9(2)7-11(15(19)20-3)16-14(18)10-8-12(21-17-10)13-5-4-6-22-13;1-20-14(18)7-3-2-4-8-16-15(19)11-10-12(21-17-11)13-6-5-9-22-13;1-8-2-5-10(12(17)6-8)13-7-11(16-19-13)14(18)15-9-3-4-9;14-10-5-7(15)1-4-9(10)12-6-11(17-19-12)13(18)16-8-2-3-8;16-13(14-9-3-4-9)12-8-10(17-15-12)5-6-11-2-1-7-18-11/h1-8,10,12-13H,9H2,(H,18,20);4-6,8-9,11H,7H2,1-3H3,(H,16,18);5-6,9-10H,2-4,7-8H2,1H3,(H,16,19);2,5-7,9,17H,3-4H2,1H3,(H,15,18);1,4-6,8H,2-3H2,(H,16,18);1-2,5-9H,3-4H2,(H,14,16)/b;;;;;6-5+/t;11-;;;;/m.1..../s1. The lowest BCUT2D eigenvalue weighted by Crippen LogP contribution is -2.42. The fraction of sp³-hybridized carbons (Fsp3) is 0.287. The first kappa shape index (κ1) is 88.7. The number of hydrogen-bond acceptors (Lipinski definition) is 27. The molecule has 3 atom stereocenters. The monoisotopic (exact) mass is 1800 g/mol. The van der Waals surface area contributed by atoms with E-state index < -0.39 is 17.9 Å². The van der Waals surface area contributed by atoms with Crippen molar-refractivity contribution >= 4 is 121 Å². The third-order valence-electron chi connectivity index (χ3n) is 18.5. The molecule has 3 aromatic carbocycles. The van der Waals surface area contributed by atoms with Crippen molar-refractivity contribution in [3.05, 3.63) is 239 Å². The molecule has 2 unspecified atom stereocenters. The van der Waals surface area contributed by atoms with Crippen LogP contribution < -0.4 is 31.9 Å². The molecule has 0 aliphatic heterocycles. The number of benzene rings is 3. The van der Waals surface area contributed by atoms with Gasteiger partial charge in [0.05, 0.1) is 34.4 Å². The number of carbonyl (C=O) groups is 8. The lowest BCUT2D eigenvalue weighted by molar-refractivity contribution is -0.143. The number of thiophene rings is 4. The van der Waals surface area contributed by atoms with Gasteiger partial charge in [-0.15, -0.1) is 45.3 Å². The molecule has 6 amide bonds. The molecular formula is C87H86BrFN12O17S4. The molecule has 10 heterocycles. The summed E-state index contributed by atoms with van der Waals surface area (Å²) in [6.07, 6.45) is 14.3. The first-order chi connectivity index (χ1) is 59.1. The topological polar surface area (TPSA) is 404 Å². The fourth-order valence-electron chi connectivity index (χ4n) is 11.5. The summed E-state index contributed by atoms with van der Waals surface area (Å²) in [5.74, 6) is 1.40. The lowest BCUT2D eigenvalue weighted by Gasteiger charge is -2.17. The Morgan fingerprint density at radius 3 is 1.47 bits per heavy atom. The van der Waals surface area contributed by atoms with E-state index in [0.29, 0.717) is 92.9 Å². The summed E-state index contributed by atoms with van der Waals surface area (Å²) < 4.78 is 53.8. The van der Waals surface area contributed by atoms with Gasteiger partial charge in [-0.2, -0.15) is 0 Å². The van der Waals surface area contributed by atoms with E-state index in [1.54, 1.807) is 77.3 Å². The highest BCUT2D eigenvalue weighted by Crippen LogP contribution is 2.41. The van der Waals surface area contributed by atoms with E-state index >= 15 is 0 Å². The van der Waals surface area contributed by atoms with Crippen LogP contribution in [0.25, 0.3) is 66.7 Å². The largest absolute Gasteiger partial charge is 0.507 e. The number of amides is 6. The molecule has 0 bridgehead atoms. The number of aromatic nitrogens is 6. The van der Waals surface area contributed by atoms with Crippen molar-refractivity contribution in [3.63, 3.8) is 0 Å². The maximum absolute atomic E-state index is 13.0. The predicted octanol–water partition coefficient (Wildman–Crippen LogP) is 17.5. The Morgan fingerprint density at radius 1 is 0.508 bits per heavy atom. The summed E-state index contributed by atoms with van der Waals surface area (Å²) in [6.45, 7) is 6.36. The molecule has 0 spiro atoms. The average molecular weight is 1800 g/mol. The summed E-state index contributed by atoms with van der Waals surface area (Å²) in [7, 11) is 2.68. The summed E-state index contributed by atoms with van der Waals surface area (Å²) in [5.41, 5.74) is 4.97. The van der Waals surface area contributed by atoms with Gasteiger partial charge < -0.3 is 73.6 Å². The number of rotatable bonds is 28. The van der Waals surface area contributed by atoms with Crippen LogP contribution in [0.5, 0.6) is 5.75 Å². The number of halogens is 2. The first-order valence-corrected chi connectivity index (χ1v) is 43.3. The van der Waals surface area contributed by atoms with Crippen LogP contribution in [0, 0.1) is 18.7 Å². The molecule has 13 aromatic rings. The zero-order valence-electron chi connectivity index (χ0n) is 66.7. The highest BCUT2D eigenvalue weighted by Gasteiger charge is 2.40. The lowest BCUT2D eigenvalue weighted by atomic mass is 10.0. The molecule has 634 valence electrons. The number of hydrogen-bond donors (Lipinski definition) is 7. The van der Waals surface area contributed by atoms with Gasteiger partial charge in [0.25, 0.3) is 35.4 Å². The normalized spacial score (nSPS) is 14.4. The summed E-state index contributed by atoms with van der Waals surface area (Å²) in [6, 6.07) is 45.2. The second-order valence-corrected chi connectivity index (χ2v) is 33.5. The van der Waals surface area contributed by atoms with Gasteiger partial charge in [-0.3, -0.25) is 33.6 Å². The zero-order chi connectivity index (χ0) is 86.0. The van der Waals surface area contributed by atoms with Gasteiger partial charge in [0.2, 0.25) is 0 Å². The molecule has 29 nitrogen and oxygen atoms in total. The molecule has 4 aliphatic carbocycles. The summed E-state index contributed by atoms with van der Waals surface area (Å²) in [4.78, 5) is 98.2. The van der Waals surface area contributed by atoms with E-state index in [-0.39, 0.29) is 93.9 Å². The number of phenolic OH excluding ortho intramolecular Hbond substituents is 1. The number of esters is 2. The second-order valence-electron chi connectivity index (χ2n) is 28.8. The number of aryl methyl sites for hydroxylation is 1. The number of unbranched alkanes of at least 4 members (excludes halogenated alkanes) is 2. The van der Waals surface area contributed by atoms with Gasteiger partial charge in [0.1, 0.15) is 17.6 Å². The van der Waals surface area contributed by atoms with Crippen LogP contribution >= 0.6 is 61.3 Å². The number of carbonyl (C=O) groups excluding carboxylic acids is 8. The Morgan fingerprint density at radius 2 is 0.984 bits per heavy atom. The minimum Gasteiger partial charge on any atom is -0.507 e. The zero-order valence-corrected chi connectivity index (χ0v) is 71.5. The van der Waals surface area contributed by atoms with Gasteiger partial charge >= 0.3 is 11.9 Å². The first-order valence-electron chi connectivity index (χ1n) is 39.0. The van der Waals surface area contributed by atoms with E-state index in [0.717, 1.165) is 89.3 Å². The van der Waals surface area contributed by atoms with Gasteiger partial charge in [-0.05, 0) is 192 Å². The highest BCUT2D eigenvalue weighted by atomic mass is 79.9. The quantitative estimate of drug-likeness (QED) is 0.0177. The van der Waals surface area contributed by atoms with Gasteiger partial charge in [0, 0.05) is 94.4 Å². The molecule has 4 saturated carbocycles. The van der Waals surface area contributed by atoms with Crippen LogP contribution in [-0.2, 0) is 19.1 Å². The molecule has 0 saturated heterocycles. The van der Waals surface area contributed by atoms with E-state index in [4.69, 9.17) is 31.9 Å². The molecule has 4 aliphatic rings. The number of nitrogens with one attached hydrogen (secondary N) is 6. The van der Waals surface area contributed by atoms with Crippen molar-refractivity contribution in [1.82, 2.24) is 62.8 Å². The number of methoxy groups -OCH3 is 2. The molecule has 17 rings (SSSR count). The van der Waals surface area contributed by atoms with Crippen molar-refractivity contribution in [3.8, 4) is 60.3 Å². The molecular weight excluding hydrogens is 1710 g/mol. The smallest absolute Gasteiger partial charge is 0.328 e. The Bertz CT molecular complexity index is 5520. The van der Waals surface area contributed by atoms with E-state index in [1.165, 1.54) is 54.6 Å². The third kappa shape index (κ3) is 27.0. The highest BCUT2D eigenvalue weighted by molar-refractivity contribution is 9.10. The van der Waals surface area contributed by atoms with Crippen LogP contribution in [0.4, 0.5) is 4.39 Å². The van der Waals surface area contributed by atoms with E-state index in [2.05, 4.69) is 95.6 Å². The molecule has 0 radical (unpaired) electrons. The van der Waals surface area contributed by atoms with E-state index in [9.17, 15) is 47.9 Å². The number of nitrogens with zero attached hydrogens (tertiary/aromatic N) is 6. The molecule has 4 fully saturated rings. The number of aromatic hydroxyl groups is 1. The number of phenols is 1. The van der Waals surface area contributed by atoms with Crippen molar-refractivity contribution < 1.29 is 84.5 Å². The maximum atomic E-state index is 13.0. The van der Waals surface area contributed by atoms with Crippen molar-refractivity contribution in [2.45, 2.75) is 134 Å². The van der Waals surface area contributed by atoms with E-state index in [1.807, 2.05) is 127 Å². The van der Waals surface area contributed by atoms with Crippen LogP contribution in [0.1, 0.15) is 182 Å². The average Bonchev–Trinajstić information content (AvgIpc) is 1.64. The number of ether oxygens (including phenoxy) is 2. The minimum absolute atomic E-state index is 0.116. The van der Waals surface area contributed by atoms with Crippen LogP contribution in [-0.4, -0.2) is 134 Å². The van der Waals surface area contributed by atoms with Crippen molar-refractivity contribution in [2.75, 3.05) is 20.8 Å². The summed E-state index contributed by atoms with van der Waals surface area (Å²) in [5, 5.41) is 57.3. The predicted molar refractivity (Wildman–Crippen MR) is 459 cm³/mol. The van der Waals surface area contributed by atoms with Gasteiger partial charge in [-0.25, -0.2) is 9.18 Å². The SMILES string of the molecule is COC(=O)CCCCCNC(=O)c1cc(-c2cccs2)on1.COC(=O)[C@@H](CC(C)C)NC(=O)c1cc(-c2cccs2)on1.Cc1ccc(-c2cc(C(=O)NC3CC3)no2)c(O)c1.O=C(NC1CC1)c1cc(-c2ccc(F)cc2Br)on1.O=C(NC1CC1)c1cc(/C=C/c2cccs2)on1.O=C(NC1CC1c1ccccc1)c1cc(-c2cccs2)on1. The van der Waals surface area contributed by atoms with Gasteiger partial charge in [0.15, 0.2) is 68.7 Å². The Balaban J connectivity index is 0.000000134.